The summed E-state index contributed by atoms with van der Waals surface area (Å²) in [6, 6.07) is 0. The van der Waals surface area contributed by atoms with Gasteiger partial charge in [-0.1, -0.05) is 29.3 Å². The van der Waals surface area contributed by atoms with E-state index in [9.17, 15) is 0 Å². The van der Waals surface area contributed by atoms with Crippen LogP contribution in [0.4, 0.5) is 0 Å². The number of halogens is 1. The summed E-state index contributed by atoms with van der Waals surface area (Å²) in [5, 5.41) is -0.0394. The molecule has 0 aromatic rings. The van der Waals surface area contributed by atoms with Gasteiger partial charge in [0.15, 0.2) is 0 Å². The molecule has 0 saturated carbocycles. The third-order valence-electron chi connectivity index (χ3n) is 0.398. The molecule has 0 unspecified atom stereocenters. The van der Waals surface area contributed by atoms with Crippen molar-refractivity contribution in [2.45, 2.75) is 19.8 Å². The maximum atomic E-state index is 6.89. The van der Waals surface area contributed by atoms with Crippen molar-refractivity contribution < 1.29 is 1.37 Å². The number of rotatable bonds is 2. The number of hydrogen-bond acceptors (Lipinski definition) is 0. The molecule has 0 amide bonds. The van der Waals surface area contributed by atoms with Crippen LogP contribution in [0.5, 0.6) is 0 Å². The molecule has 5 heavy (non-hydrogen) atoms. The summed E-state index contributed by atoms with van der Waals surface area (Å²) in [5.41, 5.74) is 0. The first-order valence-corrected chi connectivity index (χ1v) is 2.75. The molecular formula is C4H9Br. The van der Waals surface area contributed by atoms with Crippen molar-refractivity contribution >= 4 is 15.9 Å². The van der Waals surface area contributed by atoms with Gasteiger partial charge in [0.05, 0.1) is 0 Å². The second kappa shape index (κ2) is 4.48. The van der Waals surface area contributed by atoms with Gasteiger partial charge in [0, 0.05) is 6.68 Å². The van der Waals surface area contributed by atoms with Gasteiger partial charge in [0.25, 0.3) is 0 Å². The van der Waals surface area contributed by atoms with E-state index in [0.29, 0.717) is 0 Å². The summed E-state index contributed by atoms with van der Waals surface area (Å²) < 4.78 is 6.89. The molecule has 0 fully saturated rings. The molecular weight excluding hydrogens is 128 g/mol. The molecule has 0 aliphatic rings. The highest BCUT2D eigenvalue weighted by molar-refractivity contribution is 9.09. The number of alkyl halides is 1. The monoisotopic (exact) mass is 137 g/mol. The van der Waals surface area contributed by atoms with Crippen molar-refractivity contribution in [1.29, 1.82) is 0 Å². The van der Waals surface area contributed by atoms with E-state index in [-0.39, 0.29) is 5.31 Å². The van der Waals surface area contributed by atoms with Crippen LogP contribution in [-0.2, 0) is 0 Å². The zero-order valence-corrected chi connectivity index (χ0v) is 4.96. The lowest BCUT2D eigenvalue weighted by Gasteiger charge is -1.77. The fraction of sp³-hybridized carbons (Fsp3) is 1.00. The Morgan fingerprint density at radius 1 is 2.00 bits per heavy atom. The lowest BCUT2D eigenvalue weighted by atomic mass is 10.4. The SMILES string of the molecule is [2H][C@H](Br)CCC. The fourth-order valence-electron chi connectivity index (χ4n) is 0.109. The van der Waals surface area contributed by atoms with Crippen LogP contribution in [-0.4, -0.2) is 5.31 Å². The minimum absolute atomic E-state index is 0.0394. The zero-order valence-electron chi connectivity index (χ0n) is 4.37. The van der Waals surface area contributed by atoms with Crippen molar-refractivity contribution in [3.63, 3.8) is 0 Å². The van der Waals surface area contributed by atoms with Crippen molar-refractivity contribution in [3.8, 4) is 0 Å². The highest BCUT2D eigenvalue weighted by Crippen LogP contribution is 1.89. The summed E-state index contributed by atoms with van der Waals surface area (Å²) in [7, 11) is 0. The van der Waals surface area contributed by atoms with Crippen molar-refractivity contribution in [2.75, 3.05) is 5.31 Å². The molecule has 0 heterocycles. The van der Waals surface area contributed by atoms with Crippen LogP contribution in [0.1, 0.15) is 21.1 Å². The Kier molecular flexibility index (Phi) is 3.28. The van der Waals surface area contributed by atoms with E-state index in [4.69, 9.17) is 1.37 Å². The van der Waals surface area contributed by atoms with Crippen LogP contribution in [0.3, 0.4) is 0 Å². The first kappa shape index (κ1) is 3.66. The highest BCUT2D eigenvalue weighted by Gasteiger charge is 1.69. The predicted octanol–water partition coefficient (Wildman–Crippen LogP) is 2.18. The Balaban J connectivity index is 2.63. The van der Waals surface area contributed by atoms with E-state index in [2.05, 4.69) is 22.9 Å². The van der Waals surface area contributed by atoms with E-state index in [1.54, 1.807) is 0 Å². The third kappa shape index (κ3) is 4.48. The summed E-state index contributed by atoms with van der Waals surface area (Å²) in [5.74, 6) is 0. The third-order valence-corrected chi connectivity index (χ3v) is 0.856. The minimum atomic E-state index is -0.0394. The molecule has 0 rings (SSSR count). The van der Waals surface area contributed by atoms with Crippen LogP contribution >= 0.6 is 15.9 Å². The van der Waals surface area contributed by atoms with Gasteiger partial charge in [-0.2, -0.15) is 0 Å². The summed E-state index contributed by atoms with van der Waals surface area (Å²) in [6.07, 6.45) is 2.05. The standard InChI is InChI=1S/C4H9Br/c1-2-3-4-5/h2-4H2,1H3/i4D/t4-/m0/s1. The second-order valence-electron chi connectivity index (χ2n) is 0.943. The Morgan fingerprint density at radius 2 is 2.60 bits per heavy atom. The molecule has 0 nitrogen and oxygen atoms in total. The summed E-state index contributed by atoms with van der Waals surface area (Å²) in [4.78, 5) is 0. The first-order chi connectivity index (χ1) is 2.77. The molecule has 1 heteroatoms. The maximum Gasteiger partial charge on any atom is 0.0387 e. The molecule has 0 aromatic carbocycles. The Hall–Kier alpha value is 0.480. The Bertz CT molecular complexity index is 28.7. The van der Waals surface area contributed by atoms with Crippen molar-refractivity contribution in [1.82, 2.24) is 0 Å². The van der Waals surface area contributed by atoms with E-state index in [1.165, 1.54) is 0 Å². The van der Waals surface area contributed by atoms with Gasteiger partial charge in [0.1, 0.15) is 0 Å². The molecule has 0 saturated heterocycles. The molecule has 0 aliphatic heterocycles. The molecule has 0 aromatic heterocycles. The molecule has 0 radical (unpaired) electrons. The van der Waals surface area contributed by atoms with E-state index in [1.807, 2.05) is 0 Å². The van der Waals surface area contributed by atoms with Gasteiger partial charge in [-0.25, -0.2) is 0 Å². The Labute approximate surface area is 43.1 Å². The van der Waals surface area contributed by atoms with Gasteiger partial charge in [-0.05, 0) is 6.42 Å². The van der Waals surface area contributed by atoms with Crippen molar-refractivity contribution in [3.05, 3.63) is 0 Å². The second-order valence-corrected chi connectivity index (χ2v) is 1.59. The van der Waals surface area contributed by atoms with E-state index >= 15 is 0 Å². The first-order valence-electron chi connectivity index (χ1n) is 2.41. The van der Waals surface area contributed by atoms with E-state index < -0.39 is 0 Å². The maximum absolute atomic E-state index is 6.89. The van der Waals surface area contributed by atoms with Crippen molar-refractivity contribution in [2.24, 2.45) is 0 Å². The minimum Gasteiger partial charge on any atom is -0.0928 e. The average molecular weight is 138 g/mol. The van der Waals surface area contributed by atoms with Gasteiger partial charge in [0.2, 0.25) is 0 Å². The summed E-state index contributed by atoms with van der Waals surface area (Å²) in [6.45, 7) is 2.07. The van der Waals surface area contributed by atoms with Crippen LogP contribution in [0, 0.1) is 0 Å². The largest absolute Gasteiger partial charge is 0.0928 e. The molecule has 1 atom stereocenters. The predicted molar refractivity (Wildman–Crippen MR) is 28.7 cm³/mol. The summed E-state index contributed by atoms with van der Waals surface area (Å²) >= 11 is 3.10. The van der Waals surface area contributed by atoms with Crippen LogP contribution in [0.2, 0.25) is 0 Å². The highest BCUT2D eigenvalue weighted by atomic mass is 79.9. The normalized spacial score (nSPS) is 17.6. The number of hydrogen-bond donors (Lipinski definition) is 0. The molecule has 0 spiro atoms. The van der Waals surface area contributed by atoms with Crippen LogP contribution < -0.4 is 0 Å². The lowest BCUT2D eigenvalue weighted by Crippen LogP contribution is -1.64. The molecule has 0 N–H and O–H groups in total. The molecule has 0 bridgehead atoms. The molecule has 0 aliphatic carbocycles. The van der Waals surface area contributed by atoms with Crippen LogP contribution in [0.15, 0.2) is 0 Å². The fourth-order valence-corrected chi connectivity index (χ4v) is 0.567. The Morgan fingerprint density at radius 3 is 2.60 bits per heavy atom. The topological polar surface area (TPSA) is 0 Å². The smallest absolute Gasteiger partial charge is 0.0387 e. The van der Waals surface area contributed by atoms with Gasteiger partial charge < -0.3 is 0 Å². The average Bonchev–Trinajstić information content (AvgIpc) is 1.35. The van der Waals surface area contributed by atoms with E-state index in [0.717, 1.165) is 12.8 Å². The zero-order chi connectivity index (χ0) is 4.99. The van der Waals surface area contributed by atoms with Crippen LogP contribution in [0.25, 0.3) is 0 Å². The van der Waals surface area contributed by atoms with Gasteiger partial charge >= 0.3 is 0 Å². The van der Waals surface area contributed by atoms with Gasteiger partial charge in [-0.15, -0.1) is 0 Å². The lowest BCUT2D eigenvalue weighted by molar-refractivity contribution is 0.902. The molecule has 32 valence electrons. The quantitative estimate of drug-likeness (QED) is 0.513. The van der Waals surface area contributed by atoms with Gasteiger partial charge in [-0.3, -0.25) is 0 Å².